The molecule has 26 heavy (non-hydrogen) atoms. The van der Waals surface area contributed by atoms with E-state index in [1.165, 1.54) is 0 Å². The Bertz CT molecular complexity index is 711. The van der Waals surface area contributed by atoms with Gasteiger partial charge in [0.05, 0.1) is 11.3 Å². The first-order chi connectivity index (χ1) is 12.7. The van der Waals surface area contributed by atoms with Crippen molar-refractivity contribution < 1.29 is 4.79 Å². The fraction of sp³-hybridized carbons (Fsp3) is 0.632. The normalized spacial score (nSPS) is 17.5. The van der Waals surface area contributed by atoms with Crippen LogP contribution in [0.15, 0.2) is 18.6 Å². The lowest BCUT2D eigenvalue weighted by atomic mass is 9.97. The molecule has 1 amide bonds. The van der Waals surface area contributed by atoms with E-state index in [0.29, 0.717) is 11.5 Å². The predicted molar refractivity (Wildman–Crippen MR) is 98.7 cm³/mol. The van der Waals surface area contributed by atoms with Gasteiger partial charge >= 0.3 is 0 Å². The van der Waals surface area contributed by atoms with Crippen LogP contribution in [0.2, 0.25) is 0 Å². The van der Waals surface area contributed by atoms with Gasteiger partial charge in [0.1, 0.15) is 5.82 Å². The average molecular weight is 356 g/mol. The number of likely N-dealkylation sites (tertiary alicyclic amines) is 1. The summed E-state index contributed by atoms with van der Waals surface area (Å²) in [4.78, 5) is 23.1. The molecule has 0 aromatic carbocycles. The molecule has 1 fully saturated rings. The molecule has 1 atom stereocenters. The maximum atomic E-state index is 12.7. The molecule has 2 aromatic heterocycles. The number of unbranched alkanes of at least 4 members (excludes halogenated alkanes) is 1. The van der Waals surface area contributed by atoms with Crippen LogP contribution < -0.4 is 0 Å². The molecule has 1 saturated heterocycles. The van der Waals surface area contributed by atoms with E-state index in [-0.39, 0.29) is 5.91 Å². The number of hydrogen-bond acceptors (Lipinski definition) is 5. The summed E-state index contributed by atoms with van der Waals surface area (Å²) in [5.41, 5.74) is 1.63. The molecular formula is C19H28N6O. The maximum Gasteiger partial charge on any atom is 0.257 e. The lowest BCUT2D eigenvalue weighted by molar-refractivity contribution is 0.0658. The first kappa shape index (κ1) is 18.5. The Balaban J connectivity index is 1.57. The molecule has 1 aliphatic rings. The fourth-order valence-corrected chi connectivity index (χ4v) is 3.39. The van der Waals surface area contributed by atoms with Crippen molar-refractivity contribution in [3.8, 4) is 0 Å². The maximum absolute atomic E-state index is 12.7. The highest BCUT2D eigenvalue weighted by molar-refractivity contribution is 5.93. The third-order valence-electron chi connectivity index (χ3n) is 4.89. The van der Waals surface area contributed by atoms with Crippen molar-refractivity contribution in [1.82, 2.24) is 29.9 Å². The Hall–Kier alpha value is -2.31. The van der Waals surface area contributed by atoms with Gasteiger partial charge in [-0.2, -0.15) is 0 Å². The summed E-state index contributed by atoms with van der Waals surface area (Å²) in [6.07, 6.45) is 11.5. The minimum Gasteiger partial charge on any atom is -0.338 e. The van der Waals surface area contributed by atoms with E-state index < -0.39 is 0 Å². The molecular weight excluding hydrogens is 328 g/mol. The van der Waals surface area contributed by atoms with E-state index in [0.717, 1.165) is 69.7 Å². The number of carbonyl (C=O) groups is 1. The van der Waals surface area contributed by atoms with Crippen LogP contribution in [0.5, 0.6) is 0 Å². The van der Waals surface area contributed by atoms with Gasteiger partial charge in [0.15, 0.2) is 0 Å². The number of carbonyl (C=O) groups excluding carboxylic acids is 1. The molecule has 7 nitrogen and oxygen atoms in total. The zero-order valence-corrected chi connectivity index (χ0v) is 15.8. The van der Waals surface area contributed by atoms with Crippen molar-refractivity contribution in [2.24, 2.45) is 5.92 Å². The van der Waals surface area contributed by atoms with Crippen molar-refractivity contribution >= 4 is 5.91 Å². The summed E-state index contributed by atoms with van der Waals surface area (Å²) < 4.78 is 1.93. The first-order valence-electron chi connectivity index (χ1n) is 9.68. The quantitative estimate of drug-likeness (QED) is 0.762. The van der Waals surface area contributed by atoms with E-state index in [1.807, 2.05) is 22.7 Å². The number of aryl methyl sites for hydroxylation is 2. The van der Waals surface area contributed by atoms with E-state index >= 15 is 0 Å². The van der Waals surface area contributed by atoms with Gasteiger partial charge in [0.2, 0.25) is 0 Å². The molecule has 1 unspecified atom stereocenters. The van der Waals surface area contributed by atoms with Crippen LogP contribution in [0.1, 0.15) is 61.4 Å². The summed E-state index contributed by atoms with van der Waals surface area (Å²) >= 11 is 0. The van der Waals surface area contributed by atoms with Crippen molar-refractivity contribution in [3.05, 3.63) is 35.7 Å². The van der Waals surface area contributed by atoms with Crippen molar-refractivity contribution in [2.45, 2.75) is 58.9 Å². The second-order valence-corrected chi connectivity index (χ2v) is 7.04. The molecule has 1 aliphatic heterocycles. The van der Waals surface area contributed by atoms with Gasteiger partial charge in [-0.25, -0.2) is 9.97 Å². The van der Waals surface area contributed by atoms with Gasteiger partial charge in [0.25, 0.3) is 5.91 Å². The predicted octanol–water partition coefficient (Wildman–Crippen LogP) is 2.53. The Morgan fingerprint density at radius 3 is 2.81 bits per heavy atom. The lowest BCUT2D eigenvalue weighted by Gasteiger charge is -2.32. The zero-order chi connectivity index (χ0) is 18.4. The Morgan fingerprint density at radius 1 is 1.27 bits per heavy atom. The topological polar surface area (TPSA) is 76.8 Å². The summed E-state index contributed by atoms with van der Waals surface area (Å²) in [7, 11) is 0. The molecule has 140 valence electrons. The van der Waals surface area contributed by atoms with Crippen LogP contribution in [-0.2, 0) is 19.4 Å². The number of nitrogens with zero attached hydrogens (tertiary/aromatic N) is 6. The van der Waals surface area contributed by atoms with Crippen LogP contribution in [0, 0.1) is 5.92 Å². The second kappa shape index (κ2) is 8.87. The Morgan fingerprint density at radius 2 is 2.08 bits per heavy atom. The lowest BCUT2D eigenvalue weighted by Crippen LogP contribution is -2.41. The van der Waals surface area contributed by atoms with Crippen LogP contribution in [-0.4, -0.2) is 48.9 Å². The van der Waals surface area contributed by atoms with Gasteiger partial charge in [0, 0.05) is 44.6 Å². The van der Waals surface area contributed by atoms with Gasteiger partial charge in [-0.05, 0) is 31.6 Å². The van der Waals surface area contributed by atoms with Gasteiger partial charge in [-0.3, -0.25) is 9.48 Å². The molecule has 3 heterocycles. The van der Waals surface area contributed by atoms with E-state index in [4.69, 9.17) is 0 Å². The smallest absolute Gasteiger partial charge is 0.257 e. The molecule has 0 bridgehead atoms. The van der Waals surface area contributed by atoms with Crippen molar-refractivity contribution in [1.29, 1.82) is 0 Å². The molecule has 2 aromatic rings. The summed E-state index contributed by atoms with van der Waals surface area (Å²) in [6.45, 7) is 6.54. The van der Waals surface area contributed by atoms with Gasteiger partial charge < -0.3 is 4.90 Å². The zero-order valence-electron chi connectivity index (χ0n) is 15.8. The van der Waals surface area contributed by atoms with Gasteiger partial charge in [-0.15, -0.1) is 5.10 Å². The fourth-order valence-electron chi connectivity index (χ4n) is 3.39. The molecule has 0 spiro atoms. The van der Waals surface area contributed by atoms with Crippen molar-refractivity contribution in [3.63, 3.8) is 0 Å². The summed E-state index contributed by atoms with van der Waals surface area (Å²) in [5.74, 6) is 1.20. The highest BCUT2D eigenvalue weighted by Gasteiger charge is 2.25. The Kier molecular flexibility index (Phi) is 6.30. The molecule has 7 heteroatoms. The van der Waals surface area contributed by atoms with Crippen molar-refractivity contribution in [2.75, 3.05) is 13.1 Å². The molecule has 0 aliphatic carbocycles. The van der Waals surface area contributed by atoms with E-state index in [1.54, 1.807) is 12.4 Å². The second-order valence-electron chi connectivity index (χ2n) is 7.04. The summed E-state index contributed by atoms with van der Waals surface area (Å²) in [5, 5.41) is 8.51. The van der Waals surface area contributed by atoms with Crippen LogP contribution in [0.25, 0.3) is 0 Å². The standard InChI is InChI=1S/C19H28N6O/c1-3-5-8-17-14-25(23-22-17)13-15-7-6-9-24(12-15)19(26)16-10-20-18(4-2)21-11-16/h10-11,14-15H,3-9,12-13H2,1-2H3. The van der Waals surface area contributed by atoms with Crippen LogP contribution in [0.3, 0.4) is 0 Å². The van der Waals surface area contributed by atoms with Gasteiger partial charge in [-0.1, -0.05) is 25.5 Å². The number of rotatable bonds is 7. The molecule has 3 rings (SSSR count). The number of amides is 1. The molecule has 0 radical (unpaired) electrons. The first-order valence-corrected chi connectivity index (χ1v) is 9.68. The van der Waals surface area contributed by atoms with E-state index in [2.05, 4.69) is 27.2 Å². The molecule has 0 saturated carbocycles. The number of aromatic nitrogens is 5. The molecule has 0 N–H and O–H groups in total. The highest BCUT2D eigenvalue weighted by Crippen LogP contribution is 2.20. The third kappa shape index (κ3) is 4.65. The Labute approximate surface area is 154 Å². The third-order valence-corrected chi connectivity index (χ3v) is 4.89. The van der Waals surface area contributed by atoms with Crippen LogP contribution >= 0.6 is 0 Å². The highest BCUT2D eigenvalue weighted by atomic mass is 16.2. The number of piperidine rings is 1. The monoisotopic (exact) mass is 356 g/mol. The number of hydrogen-bond donors (Lipinski definition) is 0. The SMILES string of the molecule is CCCCc1cn(CC2CCCN(C(=O)c3cnc(CC)nc3)C2)nn1. The minimum absolute atomic E-state index is 0.0274. The van der Waals surface area contributed by atoms with E-state index in [9.17, 15) is 4.79 Å². The minimum atomic E-state index is 0.0274. The van der Waals surface area contributed by atoms with Crippen LogP contribution in [0.4, 0.5) is 0 Å². The largest absolute Gasteiger partial charge is 0.338 e. The summed E-state index contributed by atoms with van der Waals surface area (Å²) in [6, 6.07) is 0. The average Bonchev–Trinajstić information content (AvgIpc) is 3.13.